The van der Waals surface area contributed by atoms with Gasteiger partial charge in [0.25, 0.3) is 5.56 Å². The highest BCUT2D eigenvalue weighted by Gasteiger charge is 2.26. The van der Waals surface area contributed by atoms with E-state index >= 15 is 0 Å². The average Bonchev–Trinajstić information content (AvgIpc) is 3.19. The van der Waals surface area contributed by atoms with Crippen LogP contribution in [-0.4, -0.2) is 38.2 Å². The first-order valence-corrected chi connectivity index (χ1v) is 11.1. The van der Waals surface area contributed by atoms with Gasteiger partial charge in [0.05, 0.1) is 13.1 Å². The molecule has 8 nitrogen and oxygen atoms in total. The second-order valence-corrected chi connectivity index (χ2v) is 8.59. The van der Waals surface area contributed by atoms with Crippen molar-refractivity contribution in [3.05, 3.63) is 92.1 Å². The predicted molar refractivity (Wildman–Crippen MR) is 125 cm³/mol. The minimum Gasteiger partial charge on any atom is -0.341 e. The SMILES string of the molecule is NC1CCCN(c2nc3c(c(=O)[nH]c(=O)n3Cc3ccccc3)n2Cc2cc(F)ccc2F)C1. The molecule has 1 atom stereocenters. The summed E-state index contributed by atoms with van der Waals surface area (Å²) in [5.74, 6) is -0.789. The summed E-state index contributed by atoms with van der Waals surface area (Å²) in [5, 5.41) is 0. The molecule has 1 aliphatic heterocycles. The molecule has 0 saturated carbocycles. The highest BCUT2D eigenvalue weighted by molar-refractivity contribution is 5.75. The second kappa shape index (κ2) is 8.86. The van der Waals surface area contributed by atoms with Gasteiger partial charge in [0, 0.05) is 24.7 Å². The Balaban J connectivity index is 1.72. The molecule has 34 heavy (non-hydrogen) atoms. The van der Waals surface area contributed by atoms with E-state index in [0.717, 1.165) is 36.6 Å². The van der Waals surface area contributed by atoms with Crippen LogP contribution in [-0.2, 0) is 13.1 Å². The lowest BCUT2D eigenvalue weighted by atomic mass is 10.1. The summed E-state index contributed by atoms with van der Waals surface area (Å²) in [5.41, 5.74) is 6.17. The number of rotatable bonds is 5. The fraction of sp³-hybridized carbons (Fsp3) is 0.292. The molecule has 10 heteroatoms. The standard InChI is InChI=1S/C24H24F2N6O2/c25-17-8-9-19(26)16(11-17)13-31-20-21(28-23(31)30-10-4-7-18(27)14-30)32(24(34)29-22(20)33)12-15-5-2-1-3-6-15/h1-3,5-6,8-9,11,18H,4,7,10,12-14,27H2,(H,29,33,34). The molecule has 3 heterocycles. The van der Waals surface area contributed by atoms with E-state index in [0.29, 0.717) is 19.0 Å². The maximum atomic E-state index is 14.6. The average molecular weight is 466 g/mol. The molecule has 1 aliphatic rings. The lowest BCUT2D eigenvalue weighted by molar-refractivity contribution is 0.494. The Hall–Kier alpha value is -3.79. The first kappa shape index (κ1) is 22.0. The van der Waals surface area contributed by atoms with Crippen LogP contribution in [0.1, 0.15) is 24.0 Å². The lowest BCUT2D eigenvalue weighted by Gasteiger charge is -2.31. The van der Waals surface area contributed by atoms with E-state index in [2.05, 4.69) is 4.98 Å². The van der Waals surface area contributed by atoms with E-state index in [1.807, 2.05) is 35.2 Å². The van der Waals surface area contributed by atoms with Crippen molar-refractivity contribution in [1.29, 1.82) is 0 Å². The molecule has 3 N–H and O–H groups in total. The normalized spacial score (nSPS) is 16.3. The van der Waals surface area contributed by atoms with Gasteiger partial charge in [0.2, 0.25) is 5.95 Å². The number of aromatic amines is 1. The smallest absolute Gasteiger partial charge is 0.330 e. The number of H-pyrrole nitrogens is 1. The van der Waals surface area contributed by atoms with Gasteiger partial charge in [-0.2, -0.15) is 4.98 Å². The lowest BCUT2D eigenvalue weighted by Crippen LogP contribution is -2.44. The van der Waals surface area contributed by atoms with E-state index < -0.39 is 22.9 Å². The molecule has 2 aromatic carbocycles. The molecule has 1 unspecified atom stereocenters. The molecule has 0 radical (unpaired) electrons. The highest BCUT2D eigenvalue weighted by Crippen LogP contribution is 2.25. The number of piperidine rings is 1. The van der Waals surface area contributed by atoms with E-state index in [9.17, 15) is 18.4 Å². The summed E-state index contributed by atoms with van der Waals surface area (Å²) in [6.07, 6.45) is 1.68. The molecular weight excluding hydrogens is 442 g/mol. The molecule has 4 aromatic rings. The fourth-order valence-corrected chi connectivity index (χ4v) is 4.49. The van der Waals surface area contributed by atoms with Crippen molar-refractivity contribution in [2.75, 3.05) is 18.0 Å². The van der Waals surface area contributed by atoms with Gasteiger partial charge < -0.3 is 10.6 Å². The number of nitrogens with one attached hydrogen (secondary N) is 1. The van der Waals surface area contributed by atoms with Crippen LogP contribution in [0, 0.1) is 11.6 Å². The van der Waals surface area contributed by atoms with Gasteiger partial charge >= 0.3 is 5.69 Å². The fourth-order valence-electron chi connectivity index (χ4n) is 4.49. The summed E-state index contributed by atoms with van der Waals surface area (Å²) in [7, 11) is 0. The predicted octanol–water partition coefficient (Wildman–Crippen LogP) is 2.19. The van der Waals surface area contributed by atoms with Crippen molar-refractivity contribution in [1.82, 2.24) is 19.1 Å². The van der Waals surface area contributed by atoms with Crippen molar-refractivity contribution < 1.29 is 8.78 Å². The van der Waals surface area contributed by atoms with Gasteiger partial charge in [-0.25, -0.2) is 13.6 Å². The Bertz CT molecular complexity index is 1460. The Kier molecular flexibility index (Phi) is 5.74. The van der Waals surface area contributed by atoms with Gasteiger partial charge in [-0.15, -0.1) is 0 Å². The number of aromatic nitrogens is 4. The van der Waals surface area contributed by atoms with Gasteiger partial charge in [-0.05, 0) is 36.6 Å². The van der Waals surface area contributed by atoms with Crippen molar-refractivity contribution in [2.24, 2.45) is 5.73 Å². The maximum absolute atomic E-state index is 14.6. The van der Waals surface area contributed by atoms with Crippen LogP contribution >= 0.6 is 0 Å². The number of benzene rings is 2. The molecule has 0 bridgehead atoms. The third-order valence-corrected chi connectivity index (χ3v) is 6.13. The molecule has 2 aromatic heterocycles. The van der Waals surface area contributed by atoms with E-state index in [4.69, 9.17) is 10.7 Å². The number of imidazole rings is 1. The van der Waals surface area contributed by atoms with Crippen LogP contribution < -0.4 is 21.9 Å². The zero-order valence-corrected chi connectivity index (χ0v) is 18.4. The Morgan fingerprint density at radius 3 is 2.62 bits per heavy atom. The molecule has 0 spiro atoms. The van der Waals surface area contributed by atoms with E-state index in [-0.39, 0.29) is 35.9 Å². The summed E-state index contributed by atoms with van der Waals surface area (Å²) < 4.78 is 31.4. The minimum atomic E-state index is -0.638. The molecule has 1 fully saturated rings. The number of halogens is 2. The summed E-state index contributed by atoms with van der Waals surface area (Å²) in [4.78, 5) is 34.8. The maximum Gasteiger partial charge on any atom is 0.330 e. The first-order valence-electron chi connectivity index (χ1n) is 11.1. The number of anilines is 1. The first-order chi connectivity index (χ1) is 16.4. The molecule has 0 amide bonds. The summed E-state index contributed by atoms with van der Waals surface area (Å²) >= 11 is 0. The van der Waals surface area contributed by atoms with Crippen molar-refractivity contribution in [2.45, 2.75) is 32.0 Å². The van der Waals surface area contributed by atoms with E-state index in [1.54, 1.807) is 4.57 Å². The largest absolute Gasteiger partial charge is 0.341 e. The minimum absolute atomic E-state index is 0.0714. The van der Waals surface area contributed by atoms with Crippen molar-refractivity contribution in [3.63, 3.8) is 0 Å². The van der Waals surface area contributed by atoms with Crippen molar-refractivity contribution >= 4 is 17.1 Å². The van der Waals surface area contributed by atoms with Gasteiger partial charge in [0.1, 0.15) is 11.6 Å². The quantitative estimate of drug-likeness (QED) is 0.470. The number of hydrogen-bond acceptors (Lipinski definition) is 5. The number of nitrogens with two attached hydrogens (primary N) is 1. The number of nitrogens with zero attached hydrogens (tertiary/aromatic N) is 4. The van der Waals surface area contributed by atoms with Crippen LogP contribution in [0.15, 0.2) is 58.1 Å². The Morgan fingerprint density at radius 1 is 1.06 bits per heavy atom. The van der Waals surface area contributed by atoms with Crippen LogP contribution in [0.4, 0.5) is 14.7 Å². The van der Waals surface area contributed by atoms with Crippen LogP contribution in [0.5, 0.6) is 0 Å². The van der Waals surface area contributed by atoms with Gasteiger partial charge in [0.15, 0.2) is 11.2 Å². The Labute approximate surface area is 193 Å². The second-order valence-electron chi connectivity index (χ2n) is 8.59. The van der Waals surface area contributed by atoms with Crippen LogP contribution in [0.3, 0.4) is 0 Å². The monoisotopic (exact) mass is 466 g/mol. The summed E-state index contributed by atoms with van der Waals surface area (Å²) in [6, 6.07) is 12.4. The topological polar surface area (TPSA) is 102 Å². The van der Waals surface area contributed by atoms with Gasteiger partial charge in [-0.3, -0.25) is 18.9 Å². The number of hydrogen-bond donors (Lipinski definition) is 2. The third kappa shape index (κ3) is 4.12. The summed E-state index contributed by atoms with van der Waals surface area (Å²) in [6.45, 7) is 1.20. The molecular formula is C24H24F2N6O2. The third-order valence-electron chi connectivity index (χ3n) is 6.13. The zero-order chi connectivity index (χ0) is 23.8. The molecule has 5 rings (SSSR count). The van der Waals surface area contributed by atoms with Gasteiger partial charge in [-0.1, -0.05) is 30.3 Å². The van der Waals surface area contributed by atoms with Crippen LogP contribution in [0.25, 0.3) is 11.2 Å². The Morgan fingerprint density at radius 2 is 1.85 bits per heavy atom. The van der Waals surface area contributed by atoms with Crippen molar-refractivity contribution in [3.8, 4) is 0 Å². The molecule has 176 valence electrons. The molecule has 0 aliphatic carbocycles. The highest BCUT2D eigenvalue weighted by atomic mass is 19.1. The molecule has 1 saturated heterocycles. The van der Waals surface area contributed by atoms with Crippen LogP contribution in [0.2, 0.25) is 0 Å². The zero-order valence-electron chi connectivity index (χ0n) is 18.4. The number of fused-ring (bicyclic) bond motifs is 1. The van der Waals surface area contributed by atoms with E-state index in [1.165, 1.54) is 4.57 Å².